The van der Waals surface area contributed by atoms with Crippen LogP contribution in [0.3, 0.4) is 0 Å². The molecule has 0 unspecified atom stereocenters. The maximum atomic E-state index is 5.65. The molecule has 1 heterocycles. The van der Waals surface area contributed by atoms with E-state index in [0.29, 0.717) is 18.2 Å². The number of ether oxygens (including phenoxy) is 1. The van der Waals surface area contributed by atoms with E-state index < -0.39 is 5.60 Å². The van der Waals surface area contributed by atoms with Gasteiger partial charge < -0.3 is 10.2 Å². The van der Waals surface area contributed by atoms with Crippen molar-refractivity contribution in [2.24, 2.45) is 5.84 Å². The van der Waals surface area contributed by atoms with Crippen LogP contribution in [0.15, 0.2) is 6.07 Å². The monoisotopic (exact) mass is 238 g/mol. The normalized spacial score (nSPS) is 11.6. The van der Waals surface area contributed by atoms with Gasteiger partial charge in [0.2, 0.25) is 0 Å². The Balaban J connectivity index is 3.09. The lowest BCUT2D eigenvalue weighted by atomic mass is 10.1. The topological polar surface area (TPSA) is 73.1 Å². The first-order valence-electron chi connectivity index (χ1n) is 6.02. The molecule has 0 aliphatic carbocycles. The van der Waals surface area contributed by atoms with Crippen molar-refractivity contribution in [1.82, 2.24) is 9.97 Å². The van der Waals surface area contributed by atoms with E-state index >= 15 is 0 Å². The summed E-state index contributed by atoms with van der Waals surface area (Å²) in [6.45, 7) is 8.62. The van der Waals surface area contributed by atoms with E-state index in [1.165, 1.54) is 0 Å². The Morgan fingerprint density at radius 1 is 1.35 bits per heavy atom. The summed E-state index contributed by atoms with van der Waals surface area (Å²) in [7, 11) is 0. The van der Waals surface area contributed by atoms with Crippen molar-refractivity contribution in [2.45, 2.75) is 46.1 Å². The molecule has 0 aliphatic rings. The number of nitrogens with two attached hydrogens (primary N) is 1. The summed E-state index contributed by atoms with van der Waals surface area (Å²) in [6.07, 6.45) is 1.95. The molecule has 5 nitrogen and oxygen atoms in total. The third-order valence-electron chi connectivity index (χ3n) is 2.48. The van der Waals surface area contributed by atoms with Crippen molar-refractivity contribution >= 4 is 5.82 Å². The molecule has 0 radical (unpaired) electrons. The lowest BCUT2D eigenvalue weighted by molar-refractivity contribution is -0.0208. The second-order valence-electron chi connectivity index (χ2n) is 4.41. The Morgan fingerprint density at radius 2 is 2.06 bits per heavy atom. The van der Waals surface area contributed by atoms with Gasteiger partial charge in [-0.3, -0.25) is 0 Å². The molecule has 0 spiro atoms. The molecule has 5 heteroatoms. The third-order valence-corrected chi connectivity index (χ3v) is 2.48. The molecule has 1 rings (SSSR count). The number of nitrogens with one attached hydrogen (secondary N) is 1. The smallest absolute Gasteiger partial charge is 0.162 e. The first-order chi connectivity index (χ1) is 8.03. The minimum atomic E-state index is -0.496. The second kappa shape index (κ2) is 5.93. The minimum Gasteiger partial charge on any atom is -0.368 e. The van der Waals surface area contributed by atoms with Gasteiger partial charge in [-0.1, -0.05) is 13.3 Å². The van der Waals surface area contributed by atoms with E-state index in [0.717, 1.165) is 18.5 Å². The van der Waals surface area contributed by atoms with Gasteiger partial charge in [-0.15, -0.1) is 0 Å². The van der Waals surface area contributed by atoms with Crippen LogP contribution < -0.4 is 11.3 Å². The molecule has 0 fully saturated rings. The summed E-state index contributed by atoms with van der Waals surface area (Å²) in [6, 6.07) is 1.87. The zero-order valence-electron chi connectivity index (χ0n) is 11.1. The van der Waals surface area contributed by atoms with Crippen molar-refractivity contribution in [2.75, 3.05) is 12.0 Å². The maximum Gasteiger partial charge on any atom is 0.162 e. The van der Waals surface area contributed by atoms with E-state index in [4.69, 9.17) is 10.6 Å². The summed E-state index contributed by atoms with van der Waals surface area (Å²) >= 11 is 0. The van der Waals surface area contributed by atoms with Crippen molar-refractivity contribution in [3.63, 3.8) is 0 Å². The molecule has 1 aromatic heterocycles. The van der Waals surface area contributed by atoms with Crippen LogP contribution in [-0.4, -0.2) is 16.6 Å². The quantitative estimate of drug-likeness (QED) is 0.585. The standard InChI is InChI=1S/C12H22N4O/c1-5-7-9-8-10(16-13)15-11(14-9)12(3,4)17-6-2/h8H,5-7,13H2,1-4H3,(H,14,15,16). The predicted octanol–water partition coefficient (Wildman–Crippen LogP) is 1.99. The van der Waals surface area contributed by atoms with E-state index in [2.05, 4.69) is 22.3 Å². The Labute approximate surface area is 103 Å². The van der Waals surface area contributed by atoms with Crippen molar-refractivity contribution in [3.05, 3.63) is 17.6 Å². The van der Waals surface area contributed by atoms with Crippen LogP contribution in [0.1, 0.15) is 45.6 Å². The fourth-order valence-corrected chi connectivity index (χ4v) is 1.65. The molecule has 0 aliphatic heterocycles. The Hall–Kier alpha value is -1.20. The predicted molar refractivity (Wildman–Crippen MR) is 68.5 cm³/mol. The molecule has 0 amide bonds. The number of hydrazine groups is 1. The van der Waals surface area contributed by atoms with Gasteiger partial charge in [0.15, 0.2) is 5.82 Å². The number of aromatic nitrogens is 2. The van der Waals surface area contributed by atoms with Gasteiger partial charge in [0, 0.05) is 18.4 Å². The van der Waals surface area contributed by atoms with Crippen LogP contribution in [0.25, 0.3) is 0 Å². The first-order valence-corrected chi connectivity index (χ1v) is 6.02. The highest BCUT2D eigenvalue weighted by Crippen LogP contribution is 2.23. The highest BCUT2D eigenvalue weighted by Gasteiger charge is 2.25. The van der Waals surface area contributed by atoms with Crippen LogP contribution in [-0.2, 0) is 16.8 Å². The lowest BCUT2D eigenvalue weighted by Crippen LogP contribution is -2.26. The van der Waals surface area contributed by atoms with Gasteiger partial charge in [-0.25, -0.2) is 15.8 Å². The number of nitrogen functional groups attached to an aromatic ring is 1. The molecule has 0 saturated heterocycles. The Kier molecular flexibility index (Phi) is 4.84. The molecule has 3 N–H and O–H groups in total. The average molecular weight is 238 g/mol. The van der Waals surface area contributed by atoms with Gasteiger partial charge in [-0.05, 0) is 27.2 Å². The zero-order chi connectivity index (χ0) is 12.9. The molecule has 0 saturated carbocycles. The van der Waals surface area contributed by atoms with Crippen LogP contribution in [0.2, 0.25) is 0 Å². The molecule has 0 aromatic carbocycles. The van der Waals surface area contributed by atoms with Crippen LogP contribution in [0.4, 0.5) is 5.82 Å². The SMILES string of the molecule is CCCc1cc(NN)nc(C(C)(C)OCC)n1. The third kappa shape index (κ3) is 3.64. The number of rotatable bonds is 6. The Morgan fingerprint density at radius 3 is 2.59 bits per heavy atom. The summed E-state index contributed by atoms with van der Waals surface area (Å²) in [5.74, 6) is 6.72. The van der Waals surface area contributed by atoms with E-state index in [1.807, 2.05) is 26.8 Å². The van der Waals surface area contributed by atoms with E-state index in [9.17, 15) is 0 Å². The fraction of sp³-hybridized carbons (Fsp3) is 0.667. The average Bonchev–Trinajstić information content (AvgIpc) is 2.29. The number of hydrogen-bond acceptors (Lipinski definition) is 5. The molecule has 0 bridgehead atoms. The van der Waals surface area contributed by atoms with Crippen molar-refractivity contribution < 1.29 is 4.74 Å². The number of aryl methyl sites for hydroxylation is 1. The van der Waals surface area contributed by atoms with Gasteiger partial charge >= 0.3 is 0 Å². The molecular formula is C12H22N4O. The molecule has 17 heavy (non-hydrogen) atoms. The van der Waals surface area contributed by atoms with Crippen molar-refractivity contribution in [1.29, 1.82) is 0 Å². The second-order valence-corrected chi connectivity index (χ2v) is 4.41. The largest absolute Gasteiger partial charge is 0.368 e. The summed E-state index contributed by atoms with van der Waals surface area (Å²) in [5, 5.41) is 0. The van der Waals surface area contributed by atoms with Crippen molar-refractivity contribution in [3.8, 4) is 0 Å². The molecule has 96 valence electrons. The molecule has 0 atom stereocenters. The molecule has 1 aromatic rings. The van der Waals surface area contributed by atoms with Crippen LogP contribution in [0, 0.1) is 0 Å². The highest BCUT2D eigenvalue weighted by molar-refractivity contribution is 5.35. The van der Waals surface area contributed by atoms with Gasteiger partial charge in [0.1, 0.15) is 11.4 Å². The van der Waals surface area contributed by atoms with Crippen LogP contribution >= 0.6 is 0 Å². The zero-order valence-corrected chi connectivity index (χ0v) is 11.1. The summed E-state index contributed by atoms with van der Waals surface area (Å²) < 4.78 is 5.65. The number of anilines is 1. The minimum absolute atomic E-state index is 0.496. The number of hydrogen-bond donors (Lipinski definition) is 2. The van der Waals surface area contributed by atoms with Gasteiger partial charge in [0.05, 0.1) is 0 Å². The van der Waals surface area contributed by atoms with Gasteiger partial charge in [-0.2, -0.15) is 0 Å². The lowest BCUT2D eigenvalue weighted by Gasteiger charge is -2.23. The summed E-state index contributed by atoms with van der Waals surface area (Å²) in [4.78, 5) is 8.88. The fourth-order valence-electron chi connectivity index (χ4n) is 1.65. The molecular weight excluding hydrogens is 216 g/mol. The Bertz CT molecular complexity index is 366. The summed E-state index contributed by atoms with van der Waals surface area (Å²) in [5.41, 5.74) is 3.06. The first kappa shape index (κ1) is 13.9. The highest BCUT2D eigenvalue weighted by atomic mass is 16.5. The van der Waals surface area contributed by atoms with E-state index in [1.54, 1.807) is 0 Å². The van der Waals surface area contributed by atoms with E-state index in [-0.39, 0.29) is 0 Å². The van der Waals surface area contributed by atoms with Gasteiger partial charge in [0.25, 0.3) is 0 Å². The maximum absolute atomic E-state index is 5.65. The number of nitrogens with zero attached hydrogens (tertiary/aromatic N) is 2. The van der Waals surface area contributed by atoms with Crippen LogP contribution in [0.5, 0.6) is 0 Å².